The van der Waals surface area contributed by atoms with Crippen molar-refractivity contribution < 1.29 is 9.90 Å². The first-order chi connectivity index (χ1) is 9.60. The van der Waals surface area contributed by atoms with Gasteiger partial charge in [-0.3, -0.25) is 4.79 Å². The van der Waals surface area contributed by atoms with E-state index in [1.54, 1.807) is 0 Å². The highest BCUT2D eigenvalue weighted by molar-refractivity contribution is 5.42. The Balaban J connectivity index is 0. The number of nitrogens with zero attached hydrogens (tertiary/aromatic N) is 1. The van der Waals surface area contributed by atoms with Crippen LogP contribution in [0.4, 0.5) is 0 Å². The van der Waals surface area contributed by atoms with E-state index in [0.717, 1.165) is 7.11 Å². The third-order valence-corrected chi connectivity index (χ3v) is 3.75. The number of primary amides is 1. The van der Waals surface area contributed by atoms with Crippen LogP contribution in [0.5, 0.6) is 0 Å². The Bertz CT molecular complexity index is 304. The zero-order valence-electron chi connectivity index (χ0n) is 13.1. The lowest BCUT2D eigenvalue weighted by Gasteiger charge is -2.41. The summed E-state index contributed by atoms with van der Waals surface area (Å²) in [5.74, 6) is 0. The molecule has 4 nitrogen and oxygen atoms in total. The Morgan fingerprint density at radius 3 is 2.10 bits per heavy atom. The molecule has 1 rings (SSSR count). The maximum Gasteiger partial charge on any atom is 0.204 e. The van der Waals surface area contributed by atoms with Gasteiger partial charge in [0.1, 0.15) is 0 Å². The number of hydrogen-bond acceptors (Lipinski definition) is 3. The van der Waals surface area contributed by atoms with Gasteiger partial charge in [0.15, 0.2) is 0 Å². The molecule has 0 bridgehead atoms. The molecule has 0 saturated carbocycles. The van der Waals surface area contributed by atoms with E-state index in [4.69, 9.17) is 9.90 Å². The minimum atomic E-state index is 0.250. The first-order valence-electron chi connectivity index (χ1n) is 6.84. The smallest absolute Gasteiger partial charge is 0.204 e. The van der Waals surface area contributed by atoms with Crippen LogP contribution < -0.4 is 5.73 Å². The van der Waals surface area contributed by atoms with Gasteiger partial charge >= 0.3 is 0 Å². The monoisotopic (exact) mass is 282 g/mol. The molecular weight excluding hydrogens is 252 g/mol. The van der Waals surface area contributed by atoms with Gasteiger partial charge in [0.25, 0.3) is 0 Å². The predicted molar refractivity (Wildman–Crippen MR) is 86.3 cm³/mol. The first-order valence-corrected chi connectivity index (χ1v) is 6.84. The van der Waals surface area contributed by atoms with Gasteiger partial charge < -0.3 is 15.7 Å². The van der Waals surface area contributed by atoms with Gasteiger partial charge in [-0.25, -0.2) is 0 Å². The van der Waals surface area contributed by atoms with Crippen LogP contribution in [-0.2, 0) is 4.79 Å². The van der Waals surface area contributed by atoms with Gasteiger partial charge in [0.05, 0.1) is 0 Å². The van der Waals surface area contributed by atoms with Crippen LogP contribution in [0.3, 0.4) is 0 Å². The van der Waals surface area contributed by atoms with Gasteiger partial charge in [-0.1, -0.05) is 38.3 Å². The molecular formula is C16H30N2O2. The molecule has 0 aromatic rings. The van der Waals surface area contributed by atoms with Crippen LogP contribution in [0, 0.1) is 5.41 Å². The number of carbonyl (C=O) groups excluding carboxylic acids is 1. The zero-order chi connectivity index (χ0) is 16.0. The SMILES string of the molecule is C=C/C=C(\C=C)C1(CC)CCN(C)CC1.CO.NC=O. The fraction of sp³-hybridized carbons (Fsp3) is 0.562. The topological polar surface area (TPSA) is 66.6 Å². The van der Waals surface area contributed by atoms with Gasteiger partial charge in [-0.05, 0) is 50.4 Å². The van der Waals surface area contributed by atoms with Crippen molar-refractivity contribution in [1.29, 1.82) is 0 Å². The molecule has 20 heavy (non-hydrogen) atoms. The quantitative estimate of drug-likeness (QED) is 0.613. The molecule has 1 aliphatic heterocycles. The van der Waals surface area contributed by atoms with E-state index < -0.39 is 0 Å². The Hall–Kier alpha value is -1.39. The van der Waals surface area contributed by atoms with E-state index in [-0.39, 0.29) is 6.41 Å². The molecule has 0 atom stereocenters. The van der Waals surface area contributed by atoms with Crippen LogP contribution >= 0.6 is 0 Å². The summed E-state index contributed by atoms with van der Waals surface area (Å²) < 4.78 is 0. The lowest BCUT2D eigenvalue weighted by molar-refractivity contribution is -0.106. The predicted octanol–water partition coefficient (Wildman–Crippen LogP) is 2.12. The molecule has 1 heterocycles. The maximum absolute atomic E-state index is 8.58. The number of nitrogens with two attached hydrogens (primary N) is 1. The molecule has 116 valence electrons. The van der Waals surface area contributed by atoms with Crippen molar-refractivity contribution in [2.24, 2.45) is 11.1 Å². The molecule has 0 aliphatic carbocycles. The highest BCUT2D eigenvalue weighted by atomic mass is 16.2. The summed E-state index contributed by atoms with van der Waals surface area (Å²) in [6, 6.07) is 0. The Morgan fingerprint density at radius 2 is 1.80 bits per heavy atom. The summed E-state index contributed by atoms with van der Waals surface area (Å²) in [5, 5.41) is 7.00. The van der Waals surface area contributed by atoms with Crippen molar-refractivity contribution in [2.75, 3.05) is 27.2 Å². The second-order valence-electron chi connectivity index (χ2n) is 4.64. The second-order valence-corrected chi connectivity index (χ2v) is 4.64. The van der Waals surface area contributed by atoms with E-state index in [0.29, 0.717) is 5.41 Å². The maximum atomic E-state index is 8.58. The molecule has 1 saturated heterocycles. The van der Waals surface area contributed by atoms with Crippen molar-refractivity contribution in [3.63, 3.8) is 0 Å². The number of allylic oxidation sites excluding steroid dienone is 4. The van der Waals surface area contributed by atoms with Gasteiger partial charge in [0.2, 0.25) is 6.41 Å². The normalized spacial score (nSPS) is 17.7. The minimum Gasteiger partial charge on any atom is -0.400 e. The summed E-state index contributed by atoms with van der Waals surface area (Å²) in [6.07, 6.45) is 9.95. The molecule has 0 aromatic heterocycles. The van der Waals surface area contributed by atoms with E-state index in [1.807, 2.05) is 12.2 Å². The van der Waals surface area contributed by atoms with E-state index in [9.17, 15) is 0 Å². The van der Waals surface area contributed by atoms with Gasteiger partial charge in [-0.15, -0.1) is 0 Å². The molecule has 1 aliphatic rings. The molecule has 0 aromatic carbocycles. The molecule has 0 radical (unpaired) electrons. The summed E-state index contributed by atoms with van der Waals surface area (Å²) >= 11 is 0. The van der Waals surface area contributed by atoms with Crippen LogP contribution in [0.15, 0.2) is 37.0 Å². The number of aliphatic hydroxyl groups is 1. The van der Waals surface area contributed by atoms with Gasteiger partial charge in [0, 0.05) is 7.11 Å². The van der Waals surface area contributed by atoms with Crippen LogP contribution in [0.2, 0.25) is 0 Å². The van der Waals surface area contributed by atoms with E-state index >= 15 is 0 Å². The van der Waals surface area contributed by atoms with Crippen molar-refractivity contribution in [3.05, 3.63) is 37.0 Å². The van der Waals surface area contributed by atoms with Crippen molar-refractivity contribution in [1.82, 2.24) is 4.90 Å². The zero-order valence-corrected chi connectivity index (χ0v) is 13.1. The lowest BCUT2D eigenvalue weighted by atomic mass is 9.70. The van der Waals surface area contributed by atoms with Gasteiger partial charge in [-0.2, -0.15) is 0 Å². The third kappa shape index (κ3) is 6.68. The Morgan fingerprint density at radius 1 is 1.35 bits per heavy atom. The first kappa shape index (κ1) is 20.9. The van der Waals surface area contributed by atoms with Crippen LogP contribution in [0.25, 0.3) is 0 Å². The van der Waals surface area contributed by atoms with Crippen LogP contribution in [-0.4, -0.2) is 43.7 Å². The van der Waals surface area contributed by atoms with E-state index in [2.05, 4.69) is 43.8 Å². The highest BCUT2D eigenvalue weighted by Gasteiger charge is 2.33. The molecule has 0 unspecified atom stereocenters. The van der Waals surface area contributed by atoms with Crippen LogP contribution in [0.1, 0.15) is 26.2 Å². The van der Waals surface area contributed by atoms with Crippen molar-refractivity contribution in [2.45, 2.75) is 26.2 Å². The molecule has 3 N–H and O–H groups in total. The van der Waals surface area contributed by atoms with Crippen molar-refractivity contribution in [3.8, 4) is 0 Å². The fourth-order valence-electron chi connectivity index (χ4n) is 2.48. The average molecular weight is 282 g/mol. The number of carbonyl (C=O) groups is 1. The average Bonchev–Trinajstić information content (AvgIpc) is 2.49. The standard InChI is InChI=1S/C14H23N.CH3NO.CH4O/c1-5-8-13(6-2)14(7-3)9-11-15(4)12-10-14;2-1-3;1-2/h5-6,8H,1-2,7,9-12H2,3-4H3;1H,(H2,2,3);2H,1H3/b13-8+;;. The number of likely N-dealkylation sites (tertiary alicyclic amines) is 1. The number of amides is 1. The second kappa shape index (κ2) is 12.6. The van der Waals surface area contributed by atoms with E-state index in [1.165, 1.54) is 37.9 Å². The summed E-state index contributed by atoms with van der Waals surface area (Å²) in [7, 11) is 3.20. The van der Waals surface area contributed by atoms with Crippen molar-refractivity contribution >= 4 is 6.41 Å². The lowest BCUT2D eigenvalue weighted by Crippen LogP contribution is -2.38. The molecule has 0 spiro atoms. The largest absolute Gasteiger partial charge is 0.400 e. The number of rotatable bonds is 4. The number of aliphatic hydroxyl groups excluding tert-OH is 1. The number of hydrogen-bond donors (Lipinski definition) is 2. The third-order valence-electron chi connectivity index (χ3n) is 3.75. The summed E-state index contributed by atoms with van der Waals surface area (Å²) in [5.41, 5.74) is 5.88. The minimum absolute atomic E-state index is 0.250. The highest BCUT2D eigenvalue weighted by Crippen LogP contribution is 2.41. The molecule has 1 fully saturated rings. The number of piperidine rings is 1. The molecule has 4 heteroatoms. The molecule has 1 amide bonds. The summed E-state index contributed by atoms with van der Waals surface area (Å²) in [4.78, 5) is 11.0. The summed E-state index contributed by atoms with van der Waals surface area (Å²) in [6.45, 7) is 12.4. The Kier molecular flexibility index (Phi) is 13.2. The Labute approximate surface area is 123 Å². The fourth-order valence-corrected chi connectivity index (χ4v) is 2.48.